The van der Waals surface area contributed by atoms with E-state index < -0.39 is 0 Å². The molecular weight excluding hydrogens is 276 g/mol. The SMILES string of the molecule is CC(C)(C)C(=O)NC1CCCN(CCOc2ccccc2)C1. The number of hydrogen-bond donors (Lipinski definition) is 1. The fraction of sp³-hybridized carbons (Fsp3) is 0.611. The Morgan fingerprint density at radius 3 is 2.73 bits per heavy atom. The van der Waals surface area contributed by atoms with E-state index in [9.17, 15) is 4.79 Å². The van der Waals surface area contributed by atoms with Crippen molar-refractivity contribution in [3.05, 3.63) is 30.3 Å². The maximum absolute atomic E-state index is 12.1. The van der Waals surface area contributed by atoms with E-state index in [0.717, 1.165) is 38.2 Å². The van der Waals surface area contributed by atoms with Crippen molar-refractivity contribution < 1.29 is 9.53 Å². The third kappa shape index (κ3) is 5.34. The first-order valence-corrected chi connectivity index (χ1v) is 8.16. The minimum atomic E-state index is -0.321. The predicted molar refractivity (Wildman–Crippen MR) is 89.0 cm³/mol. The van der Waals surface area contributed by atoms with Crippen molar-refractivity contribution in [2.75, 3.05) is 26.2 Å². The van der Waals surface area contributed by atoms with Gasteiger partial charge >= 0.3 is 0 Å². The van der Waals surface area contributed by atoms with Gasteiger partial charge in [0.15, 0.2) is 0 Å². The molecule has 122 valence electrons. The lowest BCUT2D eigenvalue weighted by atomic mass is 9.94. The summed E-state index contributed by atoms with van der Waals surface area (Å²) >= 11 is 0. The van der Waals surface area contributed by atoms with Gasteiger partial charge in [0.2, 0.25) is 5.91 Å². The molecule has 1 atom stereocenters. The monoisotopic (exact) mass is 304 g/mol. The van der Waals surface area contributed by atoms with Crippen LogP contribution in [0.1, 0.15) is 33.6 Å². The van der Waals surface area contributed by atoms with Crippen molar-refractivity contribution in [3.8, 4) is 5.75 Å². The molecule has 1 fully saturated rings. The molecule has 0 saturated carbocycles. The summed E-state index contributed by atoms with van der Waals surface area (Å²) in [6, 6.07) is 10.2. The number of rotatable bonds is 5. The second-order valence-corrected chi connectivity index (χ2v) is 7.02. The summed E-state index contributed by atoms with van der Waals surface area (Å²) in [6.45, 7) is 9.45. The van der Waals surface area contributed by atoms with Crippen LogP contribution in [0.4, 0.5) is 0 Å². The molecule has 0 aromatic heterocycles. The van der Waals surface area contributed by atoms with Crippen LogP contribution in [0, 0.1) is 5.41 Å². The van der Waals surface area contributed by atoms with Gasteiger partial charge in [0.25, 0.3) is 0 Å². The molecule has 0 spiro atoms. The molecule has 22 heavy (non-hydrogen) atoms. The van der Waals surface area contributed by atoms with Crippen LogP contribution in [-0.2, 0) is 4.79 Å². The Morgan fingerprint density at radius 2 is 2.05 bits per heavy atom. The molecule has 1 amide bonds. The van der Waals surface area contributed by atoms with E-state index in [4.69, 9.17) is 4.74 Å². The largest absolute Gasteiger partial charge is 0.492 e. The van der Waals surface area contributed by atoms with Crippen LogP contribution in [-0.4, -0.2) is 43.1 Å². The Labute approximate surface area is 133 Å². The van der Waals surface area contributed by atoms with Gasteiger partial charge in [-0.1, -0.05) is 39.0 Å². The Morgan fingerprint density at radius 1 is 1.32 bits per heavy atom. The van der Waals surface area contributed by atoms with Gasteiger partial charge in [-0.05, 0) is 31.5 Å². The Kier molecular flexibility index (Phi) is 5.83. The first kappa shape index (κ1) is 16.8. The lowest BCUT2D eigenvalue weighted by molar-refractivity contribution is -0.129. The number of carbonyl (C=O) groups excluding carboxylic acids is 1. The van der Waals surface area contributed by atoms with E-state index in [1.807, 2.05) is 51.1 Å². The molecule has 1 aliphatic heterocycles. The zero-order valence-corrected chi connectivity index (χ0v) is 14.0. The van der Waals surface area contributed by atoms with Crippen LogP contribution in [0.5, 0.6) is 5.75 Å². The molecule has 2 rings (SSSR count). The number of nitrogens with zero attached hydrogens (tertiary/aromatic N) is 1. The molecule has 0 radical (unpaired) electrons. The van der Waals surface area contributed by atoms with Crippen molar-refractivity contribution >= 4 is 5.91 Å². The van der Waals surface area contributed by atoms with E-state index in [1.54, 1.807) is 0 Å². The molecule has 0 bridgehead atoms. The highest BCUT2D eigenvalue weighted by Crippen LogP contribution is 2.16. The molecule has 1 saturated heterocycles. The van der Waals surface area contributed by atoms with E-state index in [1.165, 1.54) is 0 Å². The molecule has 1 unspecified atom stereocenters. The highest BCUT2D eigenvalue weighted by molar-refractivity contribution is 5.81. The Balaban J connectivity index is 1.73. The fourth-order valence-electron chi connectivity index (χ4n) is 2.59. The fourth-order valence-corrected chi connectivity index (χ4v) is 2.59. The molecule has 0 aliphatic carbocycles. The standard InChI is InChI=1S/C18H28N2O2/c1-18(2,3)17(21)19-15-8-7-11-20(14-15)12-13-22-16-9-5-4-6-10-16/h4-6,9-10,15H,7-8,11-14H2,1-3H3,(H,19,21). The van der Waals surface area contributed by atoms with E-state index >= 15 is 0 Å². The normalized spacial score (nSPS) is 19.7. The summed E-state index contributed by atoms with van der Waals surface area (Å²) in [4.78, 5) is 14.5. The maximum Gasteiger partial charge on any atom is 0.225 e. The summed E-state index contributed by atoms with van der Waals surface area (Å²) in [5, 5.41) is 3.18. The first-order valence-electron chi connectivity index (χ1n) is 8.16. The lowest BCUT2D eigenvalue weighted by Crippen LogP contribution is -2.50. The van der Waals surface area contributed by atoms with Gasteiger partial charge in [0.1, 0.15) is 12.4 Å². The third-order valence-corrected chi connectivity index (χ3v) is 3.94. The minimum Gasteiger partial charge on any atom is -0.492 e. The van der Waals surface area contributed by atoms with Crippen LogP contribution in [0.15, 0.2) is 30.3 Å². The van der Waals surface area contributed by atoms with Crippen molar-refractivity contribution in [1.29, 1.82) is 0 Å². The number of carbonyl (C=O) groups is 1. The number of amides is 1. The number of benzene rings is 1. The first-order chi connectivity index (χ1) is 10.4. The maximum atomic E-state index is 12.1. The average Bonchev–Trinajstić information content (AvgIpc) is 2.48. The molecule has 4 heteroatoms. The Hall–Kier alpha value is -1.55. The summed E-state index contributed by atoms with van der Waals surface area (Å²) in [5.41, 5.74) is -0.321. The highest BCUT2D eigenvalue weighted by atomic mass is 16.5. The van der Waals surface area contributed by atoms with Gasteiger partial charge < -0.3 is 10.1 Å². The molecule has 1 aromatic carbocycles. The van der Waals surface area contributed by atoms with Gasteiger partial charge in [-0.15, -0.1) is 0 Å². The van der Waals surface area contributed by atoms with Crippen LogP contribution in [0.3, 0.4) is 0 Å². The predicted octanol–water partition coefficient (Wildman–Crippen LogP) is 2.69. The number of ether oxygens (including phenoxy) is 1. The number of likely N-dealkylation sites (tertiary alicyclic amines) is 1. The van der Waals surface area contributed by atoms with Crippen molar-refractivity contribution in [2.24, 2.45) is 5.41 Å². The molecule has 1 aromatic rings. The van der Waals surface area contributed by atoms with Crippen LogP contribution < -0.4 is 10.1 Å². The smallest absolute Gasteiger partial charge is 0.225 e. The van der Waals surface area contributed by atoms with Crippen molar-refractivity contribution in [1.82, 2.24) is 10.2 Å². The van der Waals surface area contributed by atoms with Gasteiger partial charge in [0, 0.05) is 24.5 Å². The quantitative estimate of drug-likeness (QED) is 0.909. The second kappa shape index (κ2) is 7.63. The minimum absolute atomic E-state index is 0.139. The zero-order chi connectivity index (χ0) is 16.0. The van der Waals surface area contributed by atoms with Crippen LogP contribution >= 0.6 is 0 Å². The second-order valence-electron chi connectivity index (χ2n) is 7.02. The van der Waals surface area contributed by atoms with Gasteiger partial charge in [-0.25, -0.2) is 0 Å². The molecular formula is C18H28N2O2. The van der Waals surface area contributed by atoms with Crippen LogP contribution in [0.25, 0.3) is 0 Å². The average molecular weight is 304 g/mol. The summed E-state index contributed by atoms with van der Waals surface area (Å²) < 4.78 is 5.75. The molecule has 1 aliphatic rings. The topological polar surface area (TPSA) is 41.6 Å². The lowest BCUT2D eigenvalue weighted by Gasteiger charge is -2.34. The number of para-hydroxylation sites is 1. The highest BCUT2D eigenvalue weighted by Gasteiger charge is 2.26. The van der Waals surface area contributed by atoms with Gasteiger partial charge in [-0.2, -0.15) is 0 Å². The summed E-state index contributed by atoms with van der Waals surface area (Å²) in [6.07, 6.45) is 2.19. The van der Waals surface area contributed by atoms with Gasteiger partial charge in [-0.3, -0.25) is 9.69 Å². The number of nitrogens with one attached hydrogen (secondary N) is 1. The number of hydrogen-bond acceptors (Lipinski definition) is 3. The van der Waals surface area contributed by atoms with Crippen molar-refractivity contribution in [3.63, 3.8) is 0 Å². The molecule has 1 N–H and O–H groups in total. The zero-order valence-electron chi connectivity index (χ0n) is 14.0. The molecule has 1 heterocycles. The van der Waals surface area contributed by atoms with E-state index in [2.05, 4.69) is 10.2 Å². The third-order valence-electron chi connectivity index (χ3n) is 3.94. The van der Waals surface area contributed by atoms with Crippen LogP contribution in [0.2, 0.25) is 0 Å². The van der Waals surface area contributed by atoms with E-state index in [-0.39, 0.29) is 17.4 Å². The summed E-state index contributed by atoms with van der Waals surface area (Å²) in [7, 11) is 0. The van der Waals surface area contributed by atoms with Gasteiger partial charge in [0.05, 0.1) is 0 Å². The molecule has 4 nitrogen and oxygen atoms in total. The number of piperidine rings is 1. The van der Waals surface area contributed by atoms with Crippen molar-refractivity contribution in [2.45, 2.75) is 39.7 Å². The van der Waals surface area contributed by atoms with E-state index in [0.29, 0.717) is 6.61 Å². The Bertz CT molecular complexity index is 468. The summed E-state index contributed by atoms with van der Waals surface area (Å²) in [5.74, 6) is 1.05.